The molecule has 1 rings (SSSR count). The maximum atomic E-state index is 9.69. The monoisotopic (exact) mass is 259 g/mol. The molecule has 0 fully saturated rings. The molecule has 1 N–H and O–H groups in total. The fraction of sp³-hybridized carbons (Fsp3) is 0.500. The summed E-state index contributed by atoms with van der Waals surface area (Å²) < 4.78 is 6.11. The molecule has 1 heterocycles. The molecule has 0 saturated carbocycles. The van der Waals surface area contributed by atoms with Gasteiger partial charge in [0.05, 0.1) is 6.61 Å². The summed E-state index contributed by atoms with van der Waals surface area (Å²) in [4.78, 5) is 3.97. The molecule has 0 aliphatic heterocycles. The Morgan fingerprint density at radius 2 is 2.36 bits per heavy atom. The van der Waals surface area contributed by atoms with Gasteiger partial charge in [-0.15, -0.1) is 0 Å². The fourth-order valence-electron chi connectivity index (χ4n) is 1.05. The van der Waals surface area contributed by atoms with E-state index in [1.54, 1.807) is 12.4 Å². The molecule has 0 radical (unpaired) electrons. The Morgan fingerprint density at radius 1 is 1.57 bits per heavy atom. The predicted octanol–water partition coefficient (Wildman–Crippen LogP) is 2.30. The molecule has 0 spiro atoms. The van der Waals surface area contributed by atoms with Crippen LogP contribution in [0.4, 0.5) is 0 Å². The van der Waals surface area contributed by atoms with E-state index in [2.05, 4.69) is 20.9 Å². The molecule has 3 nitrogen and oxygen atoms in total. The summed E-state index contributed by atoms with van der Waals surface area (Å²) in [7, 11) is 0. The Balaban J connectivity index is 2.47. The summed E-state index contributed by atoms with van der Waals surface area (Å²) in [5.41, 5.74) is 0.774. The lowest BCUT2D eigenvalue weighted by atomic mass is 10.2. The summed E-state index contributed by atoms with van der Waals surface area (Å²) in [6, 6.07) is 1.84. The molecular weight excluding hydrogens is 246 g/mol. The van der Waals surface area contributed by atoms with Gasteiger partial charge < -0.3 is 9.84 Å². The van der Waals surface area contributed by atoms with E-state index in [0.717, 1.165) is 16.5 Å². The van der Waals surface area contributed by atoms with Gasteiger partial charge in [0, 0.05) is 29.0 Å². The Hall–Kier alpha value is -0.450. The zero-order valence-corrected chi connectivity index (χ0v) is 9.70. The fourth-order valence-corrected chi connectivity index (χ4v) is 1.43. The van der Waals surface area contributed by atoms with E-state index in [4.69, 9.17) is 4.74 Å². The predicted molar refractivity (Wildman–Crippen MR) is 58.0 cm³/mol. The zero-order chi connectivity index (χ0) is 10.4. The lowest BCUT2D eigenvalue weighted by Crippen LogP contribution is -2.08. The molecule has 0 amide bonds. The van der Waals surface area contributed by atoms with E-state index >= 15 is 0 Å². The third-order valence-electron chi connectivity index (χ3n) is 1.73. The van der Waals surface area contributed by atoms with Crippen molar-refractivity contribution in [2.45, 2.75) is 19.4 Å². The van der Waals surface area contributed by atoms with Gasteiger partial charge in [0.15, 0.2) is 0 Å². The molecule has 1 aromatic rings. The number of hydrogen-bond donors (Lipinski definition) is 1. The number of ether oxygens (including phenoxy) is 1. The van der Waals surface area contributed by atoms with Gasteiger partial charge in [0.2, 0.25) is 0 Å². The molecule has 14 heavy (non-hydrogen) atoms. The van der Waals surface area contributed by atoms with Crippen molar-refractivity contribution in [1.29, 1.82) is 0 Å². The van der Waals surface area contributed by atoms with Gasteiger partial charge >= 0.3 is 0 Å². The topological polar surface area (TPSA) is 42.4 Å². The first kappa shape index (κ1) is 11.6. The van der Waals surface area contributed by atoms with Crippen LogP contribution < -0.4 is 0 Å². The zero-order valence-electron chi connectivity index (χ0n) is 8.11. The van der Waals surface area contributed by atoms with Crippen molar-refractivity contribution in [3.63, 3.8) is 0 Å². The minimum Gasteiger partial charge on any atom is -0.386 e. The molecule has 1 unspecified atom stereocenters. The first-order valence-electron chi connectivity index (χ1n) is 4.60. The summed E-state index contributed by atoms with van der Waals surface area (Å²) >= 11 is 3.30. The number of rotatable bonds is 5. The highest BCUT2D eigenvalue weighted by Gasteiger charge is 2.07. The molecule has 78 valence electrons. The van der Waals surface area contributed by atoms with Gasteiger partial charge in [-0.1, -0.05) is 6.92 Å². The van der Waals surface area contributed by atoms with Crippen LogP contribution >= 0.6 is 15.9 Å². The lowest BCUT2D eigenvalue weighted by Gasteiger charge is -2.10. The molecule has 1 aromatic heterocycles. The van der Waals surface area contributed by atoms with Crippen LogP contribution in [-0.2, 0) is 4.74 Å². The SMILES string of the molecule is CCCOCC(O)c1cncc(Br)c1. The number of hydrogen-bond acceptors (Lipinski definition) is 3. The quantitative estimate of drug-likeness (QED) is 0.826. The second-order valence-electron chi connectivity index (χ2n) is 3.03. The van der Waals surface area contributed by atoms with Crippen molar-refractivity contribution in [3.8, 4) is 0 Å². The highest BCUT2D eigenvalue weighted by molar-refractivity contribution is 9.10. The van der Waals surface area contributed by atoms with Crippen LogP contribution in [-0.4, -0.2) is 23.3 Å². The van der Waals surface area contributed by atoms with E-state index in [-0.39, 0.29) is 0 Å². The molecule has 1 atom stereocenters. The largest absolute Gasteiger partial charge is 0.386 e. The van der Waals surface area contributed by atoms with Gasteiger partial charge in [-0.05, 0) is 28.4 Å². The summed E-state index contributed by atoms with van der Waals surface area (Å²) in [5, 5.41) is 9.69. The average molecular weight is 260 g/mol. The Labute approximate surface area is 92.3 Å². The van der Waals surface area contributed by atoms with Crippen LogP contribution in [0.2, 0.25) is 0 Å². The first-order chi connectivity index (χ1) is 6.74. The van der Waals surface area contributed by atoms with Gasteiger partial charge in [-0.3, -0.25) is 4.98 Å². The van der Waals surface area contributed by atoms with Crippen LogP contribution in [0.5, 0.6) is 0 Å². The van der Waals surface area contributed by atoms with Crippen molar-refractivity contribution in [3.05, 3.63) is 28.5 Å². The molecule has 4 heteroatoms. The summed E-state index contributed by atoms with van der Waals surface area (Å²) in [6.07, 6.45) is 3.70. The van der Waals surface area contributed by atoms with Crippen molar-refractivity contribution in [2.75, 3.05) is 13.2 Å². The number of nitrogens with zero attached hydrogens (tertiary/aromatic N) is 1. The molecule has 0 saturated heterocycles. The minimum absolute atomic E-state index is 0.325. The number of aromatic nitrogens is 1. The second-order valence-corrected chi connectivity index (χ2v) is 3.94. The minimum atomic E-state index is -0.591. The van der Waals surface area contributed by atoms with E-state index in [9.17, 15) is 5.11 Å². The van der Waals surface area contributed by atoms with Crippen molar-refractivity contribution in [1.82, 2.24) is 4.98 Å². The van der Waals surface area contributed by atoms with Gasteiger partial charge in [0.25, 0.3) is 0 Å². The maximum Gasteiger partial charge on any atom is 0.104 e. The normalized spacial score (nSPS) is 12.8. The van der Waals surface area contributed by atoms with Crippen molar-refractivity contribution in [2.24, 2.45) is 0 Å². The highest BCUT2D eigenvalue weighted by Crippen LogP contribution is 2.16. The highest BCUT2D eigenvalue weighted by atomic mass is 79.9. The number of halogens is 1. The van der Waals surface area contributed by atoms with Gasteiger partial charge in [-0.2, -0.15) is 0 Å². The maximum absolute atomic E-state index is 9.69. The van der Waals surface area contributed by atoms with E-state index < -0.39 is 6.10 Å². The number of pyridine rings is 1. The van der Waals surface area contributed by atoms with Crippen LogP contribution in [0.3, 0.4) is 0 Å². The van der Waals surface area contributed by atoms with Crippen molar-refractivity contribution < 1.29 is 9.84 Å². The smallest absolute Gasteiger partial charge is 0.104 e. The first-order valence-corrected chi connectivity index (χ1v) is 5.39. The summed E-state index contributed by atoms with van der Waals surface area (Å²) in [6.45, 7) is 3.04. The van der Waals surface area contributed by atoms with Crippen LogP contribution in [0.1, 0.15) is 25.0 Å². The van der Waals surface area contributed by atoms with Gasteiger partial charge in [-0.25, -0.2) is 0 Å². The Morgan fingerprint density at radius 3 is 3.00 bits per heavy atom. The standard InChI is InChI=1S/C10H14BrNO2/c1-2-3-14-7-10(13)8-4-9(11)6-12-5-8/h4-6,10,13H,2-3,7H2,1H3. The van der Waals surface area contributed by atoms with E-state index in [1.807, 2.05) is 13.0 Å². The van der Waals surface area contributed by atoms with E-state index in [0.29, 0.717) is 13.2 Å². The van der Waals surface area contributed by atoms with E-state index in [1.165, 1.54) is 0 Å². The van der Waals surface area contributed by atoms with Crippen LogP contribution in [0, 0.1) is 0 Å². The van der Waals surface area contributed by atoms with Gasteiger partial charge in [0.1, 0.15) is 6.10 Å². The Bertz CT molecular complexity index is 281. The second kappa shape index (κ2) is 6.11. The molecule has 0 aromatic carbocycles. The average Bonchev–Trinajstić information content (AvgIpc) is 2.18. The molecule has 0 bridgehead atoms. The molecule has 0 aliphatic rings. The third kappa shape index (κ3) is 3.74. The number of aliphatic hydroxyl groups is 1. The molecular formula is C10H14BrNO2. The van der Waals surface area contributed by atoms with Crippen LogP contribution in [0.15, 0.2) is 22.9 Å². The number of aliphatic hydroxyl groups excluding tert-OH is 1. The third-order valence-corrected chi connectivity index (χ3v) is 2.17. The Kier molecular flexibility index (Phi) is 5.07. The summed E-state index contributed by atoms with van der Waals surface area (Å²) in [5.74, 6) is 0. The van der Waals surface area contributed by atoms with Crippen LogP contribution in [0.25, 0.3) is 0 Å². The lowest BCUT2D eigenvalue weighted by molar-refractivity contribution is 0.0362. The van der Waals surface area contributed by atoms with Crippen molar-refractivity contribution >= 4 is 15.9 Å². The molecule has 0 aliphatic carbocycles.